The molecule has 2 aliphatic rings. The lowest BCUT2D eigenvalue weighted by Crippen LogP contribution is -2.44. The van der Waals surface area contributed by atoms with Crippen molar-refractivity contribution in [3.05, 3.63) is 70.8 Å². The maximum atomic E-state index is 13.8. The molecule has 0 spiro atoms. The van der Waals surface area contributed by atoms with Crippen LogP contribution in [0.25, 0.3) is 0 Å². The van der Waals surface area contributed by atoms with Gasteiger partial charge in [-0.3, -0.25) is 4.79 Å². The van der Waals surface area contributed by atoms with Gasteiger partial charge < -0.3 is 20.3 Å². The van der Waals surface area contributed by atoms with Gasteiger partial charge in [0.15, 0.2) is 0 Å². The van der Waals surface area contributed by atoms with Crippen LogP contribution in [-0.4, -0.2) is 44.5 Å². The van der Waals surface area contributed by atoms with E-state index in [0.29, 0.717) is 36.4 Å². The summed E-state index contributed by atoms with van der Waals surface area (Å²) in [5, 5.41) is 0. The van der Waals surface area contributed by atoms with Crippen LogP contribution in [0.15, 0.2) is 75.8 Å². The monoisotopic (exact) mass is 558 g/mol. The molecule has 1 aromatic carbocycles. The van der Waals surface area contributed by atoms with Crippen LogP contribution in [0.5, 0.6) is 0 Å². The molecule has 0 aromatic heterocycles. The molecular weight excluding hydrogens is 517 g/mol. The predicted octanol–water partition coefficient (Wildman–Crippen LogP) is 7.20. The van der Waals surface area contributed by atoms with Crippen molar-refractivity contribution in [2.75, 3.05) is 36.5 Å². The van der Waals surface area contributed by atoms with E-state index in [0.717, 1.165) is 49.7 Å². The van der Waals surface area contributed by atoms with E-state index in [-0.39, 0.29) is 30.4 Å². The first-order valence-corrected chi connectivity index (χ1v) is 14.1. The van der Waals surface area contributed by atoms with Gasteiger partial charge in [0.05, 0.1) is 12.2 Å². The van der Waals surface area contributed by atoms with Crippen LogP contribution in [0.2, 0.25) is 0 Å². The van der Waals surface area contributed by atoms with Crippen LogP contribution in [-0.2, 0) is 9.53 Å². The fraction of sp³-hybridized carbons (Fsp3) is 0.484. The van der Waals surface area contributed by atoms with E-state index in [1.54, 1.807) is 11.8 Å². The highest BCUT2D eigenvalue weighted by Gasteiger charge is 2.37. The van der Waals surface area contributed by atoms with Gasteiger partial charge in [0.2, 0.25) is 0 Å². The van der Waals surface area contributed by atoms with Crippen molar-refractivity contribution in [2.45, 2.75) is 71.9 Å². The lowest BCUT2D eigenvalue weighted by molar-refractivity contribution is -0.112. The zero-order chi connectivity index (χ0) is 29.3. The van der Waals surface area contributed by atoms with E-state index in [4.69, 9.17) is 10.5 Å². The first-order chi connectivity index (χ1) is 19.1. The second kappa shape index (κ2) is 14.2. The fourth-order valence-corrected chi connectivity index (χ4v) is 4.63. The molecule has 1 aromatic rings. The lowest BCUT2D eigenvalue weighted by Gasteiger charge is -2.30. The Balaban J connectivity index is 1.89. The SMILES string of the molecule is CCCCCOC1=CCC(N=C2C(=O)N(c3ccc(N(C)CCCC)cc3)CCC2=C(C)N)=CC=C1C(F)(F)F. The Kier molecular flexibility index (Phi) is 11.0. The second-order valence-electron chi connectivity index (χ2n) is 10.2. The minimum atomic E-state index is -4.58. The average molecular weight is 559 g/mol. The first kappa shape index (κ1) is 31.0. The Morgan fingerprint density at radius 1 is 1.10 bits per heavy atom. The smallest absolute Gasteiger partial charge is 0.419 e. The number of hydrogen-bond acceptors (Lipinski definition) is 5. The lowest BCUT2D eigenvalue weighted by atomic mass is 9.98. The fourth-order valence-electron chi connectivity index (χ4n) is 4.63. The number of aliphatic imine (C=N–C) groups is 1. The molecular formula is C31H41F3N4O2. The van der Waals surface area contributed by atoms with Gasteiger partial charge in [-0.05, 0) is 68.7 Å². The summed E-state index contributed by atoms with van der Waals surface area (Å²) >= 11 is 0. The van der Waals surface area contributed by atoms with E-state index in [9.17, 15) is 18.0 Å². The molecule has 0 radical (unpaired) electrons. The molecule has 1 fully saturated rings. The molecule has 3 rings (SSSR count). The van der Waals surface area contributed by atoms with Gasteiger partial charge in [0.1, 0.15) is 11.5 Å². The zero-order valence-electron chi connectivity index (χ0n) is 24.0. The standard InChI is InChI=1S/C31H41F3N4O2/c1-5-7-9-21-40-28-17-11-23(10-16-27(28)31(32,33)34)36-29-26(22(3)35)18-20-38(30(29)39)25-14-12-24(13-15-25)37(4)19-8-6-2/h10,12-17H,5-9,11,18-21,35H2,1-4H3. The topological polar surface area (TPSA) is 71.2 Å². The van der Waals surface area contributed by atoms with Crippen LogP contribution < -0.4 is 15.5 Å². The second-order valence-corrected chi connectivity index (χ2v) is 10.2. The van der Waals surface area contributed by atoms with Gasteiger partial charge in [-0.2, -0.15) is 13.2 Å². The van der Waals surface area contributed by atoms with Crippen LogP contribution in [0.1, 0.15) is 65.7 Å². The predicted molar refractivity (Wildman–Crippen MR) is 156 cm³/mol. The Bertz CT molecular complexity index is 1190. The minimum absolute atomic E-state index is 0.0890. The number of nitrogens with zero attached hydrogens (tertiary/aromatic N) is 3. The van der Waals surface area contributed by atoms with E-state index in [1.807, 2.05) is 38.2 Å². The number of rotatable bonds is 11. The molecule has 218 valence electrons. The number of anilines is 2. The summed E-state index contributed by atoms with van der Waals surface area (Å²) in [6, 6.07) is 7.79. The van der Waals surface area contributed by atoms with Gasteiger partial charge in [-0.15, -0.1) is 0 Å². The minimum Gasteiger partial charge on any atom is -0.493 e. The van der Waals surface area contributed by atoms with Crippen molar-refractivity contribution in [1.82, 2.24) is 0 Å². The molecule has 6 nitrogen and oxygen atoms in total. The molecule has 1 saturated heterocycles. The first-order valence-electron chi connectivity index (χ1n) is 14.1. The molecule has 1 aliphatic heterocycles. The summed E-state index contributed by atoms with van der Waals surface area (Å²) in [4.78, 5) is 22.1. The van der Waals surface area contributed by atoms with Crippen LogP contribution in [0.4, 0.5) is 24.5 Å². The number of alkyl halides is 3. The normalized spacial score (nSPS) is 18.7. The number of piperidine rings is 1. The highest BCUT2D eigenvalue weighted by molar-refractivity contribution is 6.50. The van der Waals surface area contributed by atoms with Gasteiger partial charge in [-0.1, -0.05) is 33.1 Å². The number of carbonyl (C=O) groups excluding carboxylic acids is 1. The maximum absolute atomic E-state index is 13.8. The maximum Gasteiger partial charge on any atom is 0.419 e. The third-order valence-corrected chi connectivity index (χ3v) is 7.01. The number of ether oxygens (including phenoxy) is 1. The van der Waals surface area contributed by atoms with Crippen molar-refractivity contribution in [3.8, 4) is 0 Å². The van der Waals surface area contributed by atoms with E-state index >= 15 is 0 Å². The van der Waals surface area contributed by atoms with Crippen molar-refractivity contribution in [1.29, 1.82) is 0 Å². The van der Waals surface area contributed by atoms with E-state index < -0.39 is 11.7 Å². The molecule has 9 heteroatoms. The molecule has 0 atom stereocenters. The molecule has 40 heavy (non-hydrogen) atoms. The summed E-state index contributed by atoms with van der Waals surface area (Å²) < 4.78 is 46.9. The summed E-state index contributed by atoms with van der Waals surface area (Å²) in [5.74, 6) is -0.537. The quantitative estimate of drug-likeness (QED) is 0.292. The van der Waals surface area contributed by atoms with Crippen LogP contribution in [0.3, 0.4) is 0 Å². The van der Waals surface area contributed by atoms with Gasteiger partial charge in [0, 0.05) is 54.9 Å². The number of nitrogens with two attached hydrogens (primary N) is 1. The number of amides is 1. The van der Waals surface area contributed by atoms with Gasteiger partial charge in [0.25, 0.3) is 5.91 Å². The number of halogens is 3. The molecule has 0 saturated carbocycles. The average Bonchev–Trinajstić information content (AvgIpc) is 3.13. The third-order valence-electron chi connectivity index (χ3n) is 7.01. The van der Waals surface area contributed by atoms with Crippen molar-refractivity contribution < 1.29 is 22.7 Å². The van der Waals surface area contributed by atoms with Gasteiger partial charge >= 0.3 is 6.18 Å². The largest absolute Gasteiger partial charge is 0.493 e. The van der Waals surface area contributed by atoms with Crippen LogP contribution in [0, 0.1) is 0 Å². The number of hydrogen-bond donors (Lipinski definition) is 1. The Labute approximate surface area is 235 Å². The van der Waals surface area contributed by atoms with E-state index in [2.05, 4.69) is 16.8 Å². The van der Waals surface area contributed by atoms with Crippen LogP contribution >= 0.6 is 0 Å². The van der Waals surface area contributed by atoms with Gasteiger partial charge in [-0.25, -0.2) is 4.99 Å². The molecule has 0 unspecified atom stereocenters. The molecule has 0 bridgehead atoms. The Hall–Kier alpha value is -3.49. The molecule has 1 amide bonds. The van der Waals surface area contributed by atoms with Crippen molar-refractivity contribution >= 4 is 23.0 Å². The van der Waals surface area contributed by atoms with Crippen molar-refractivity contribution in [2.24, 2.45) is 10.7 Å². The summed E-state index contributed by atoms with van der Waals surface area (Å²) in [6.07, 6.45) is 4.37. The summed E-state index contributed by atoms with van der Waals surface area (Å²) in [7, 11) is 2.04. The molecule has 2 N–H and O–H groups in total. The molecule has 1 aliphatic carbocycles. The van der Waals surface area contributed by atoms with Crippen molar-refractivity contribution in [3.63, 3.8) is 0 Å². The number of benzene rings is 1. The highest BCUT2D eigenvalue weighted by Crippen LogP contribution is 2.35. The summed E-state index contributed by atoms with van der Waals surface area (Å²) in [5.41, 5.74) is 8.62. The Morgan fingerprint density at radius 3 is 2.42 bits per heavy atom. The Morgan fingerprint density at radius 2 is 1.80 bits per heavy atom. The summed E-state index contributed by atoms with van der Waals surface area (Å²) in [6.45, 7) is 7.45. The number of allylic oxidation sites excluding steroid dienone is 5. The molecule has 1 heterocycles. The highest BCUT2D eigenvalue weighted by atomic mass is 19.4. The number of carbonyl (C=O) groups is 1. The third kappa shape index (κ3) is 8.02. The zero-order valence-corrected chi connectivity index (χ0v) is 24.0. The van der Waals surface area contributed by atoms with E-state index in [1.165, 1.54) is 12.2 Å². The number of unbranched alkanes of at least 4 members (excludes halogenated alkanes) is 3.